The Bertz CT molecular complexity index is 1260. The van der Waals surface area contributed by atoms with Crippen LogP contribution in [0.15, 0.2) is 65.7 Å². The average molecular weight is 553 g/mol. The number of likely N-dealkylation sites (tertiary alicyclic amines) is 1. The molecule has 2 aromatic carbocycles. The van der Waals surface area contributed by atoms with Crippen LogP contribution in [0.5, 0.6) is 0 Å². The van der Waals surface area contributed by atoms with Crippen LogP contribution in [0.4, 0.5) is 4.39 Å². The van der Waals surface area contributed by atoms with Crippen molar-refractivity contribution in [3.05, 3.63) is 82.9 Å². The maximum atomic E-state index is 15.2. The summed E-state index contributed by atoms with van der Waals surface area (Å²) in [6, 6.07) is 17.6. The topological polar surface area (TPSA) is 48.5 Å². The smallest absolute Gasteiger partial charge is 0.273 e. The molecule has 0 unspecified atom stereocenters. The first kappa shape index (κ1) is 27.1. The quantitative estimate of drug-likeness (QED) is 0.399. The van der Waals surface area contributed by atoms with Crippen LogP contribution in [0.1, 0.15) is 42.7 Å². The summed E-state index contributed by atoms with van der Waals surface area (Å²) in [5.74, 6) is -0.340. The number of benzene rings is 2. The van der Waals surface area contributed by atoms with E-state index in [4.69, 9.17) is 11.6 Å². The van der Waals surface area contributed by atoms with Gasteiger partial charge in [-0.25, -0.2) is 4.39 Å². The third-order valence-electron chi connectivity index (χ3n) is 7.25. The number of nitrogens with zero attached hydrogens (tertiary/aromatic N) is 3. The molecule has 1 amide bonds. The van der Waals surface area contributed by atoms with Crippen molar-refractivity contribution < 1.29 is 9.18 Å². The number of halogens is 2. The van der Waals surface area contributed by atoms with Crippen molar-refractivity contribution >= 4 is 29.3 Å². The number of carbonyl (C=O) groups is 1. The Kier molecular flexibility index (Phi) is 8.68. The van der Waals surface area contributed by atoms with E-state index in [1.165, 1.54) is 4.90 Å². The Balaban J connectivity index is 1.25. The van der Waals surface area contributed by atoms with Gasteiger partial charge in [-0.15, -0.1) is 11.8 Å². The monoisotopic (exact) mass is 552 g/mol. The average Bonchev–Trinajstić information content (AvgIpc) is 2.91. The molecule has 38 heavy (non-hydrogen) atoms. The Morgan fingerprint density at radius 3 is 2.47 bits per heavy atom. The number of hydrogen-bond donors (Lipinski definition) is 1. The Morgan fingerprint density at radius 1 is 1.08 bits per heavy atom. The molecule has 0 aliphatic carbocycles. The van der Waals surface area contributed by atoms with Gasteiger partial charge in [-0.3, -0.25) is 14.7 Å². The third kappa shape index (κ3) is 6.57. The summed E-state index contributed by atoms with van der Waals surface area (Å²) in [5.41, 5.74) is 2.41. The van der Waals surface area contributed by atoms with Gasteiger partial charge in [-0.2, -0.15) is 0 Å². The lowest BCUT2D eigenvalue weighted by Gasteiger charge is -2.36. The molecule has 2 atom stereocenters. The molecule has 5 nitrogen and oxygen atoms in total. The minimum atomic E-state index is -0.247. The molecule has 8 heteroatoms. The van der Waals surface area contributed by atoms with Crippen molar-refractivity contribution in [2.24, 2.45) is 0 Å². The van der Waals surface area contributed by atoms with E-state index in [1.807, 2.05) is 59.1 Å². The molecule has 2 saturated heterocycles. The minimum absolute atomic E-state index is 0.0937. The number of carbonyl (C=O) groups excluding carboxylic acids is 1. The number of nitrogens with one attached hydrogen (secondary N) is 1. The van der Waals surface area contributed by atoms with E-state index in [-0.39, 0.29) is 11.7 Å². The van der Waals surface area contributed by atoms with Gasteiger partial charge in [0.1, 0.15) is 11.5 Å². The molecule has 0 radical (unpaired) electrons. The molecule has 5 rings (SSSR count). The van der Waals surface area contributed by atoms with Crippen LogP contribution in [-0.4, -0.2) is 64.2 Å². The number of rotatable bonds is 6. The first-order valence-electron chi connectivity index (χ1n) is 13.3. The zero-order valence-corrected chi connectivity index (χ0v) is 23.4. The molecule has 2 aliphatic rings. The highest BCUT2D eigenvalue weighted by Crippen LogP contribution is 2.32. The zero-order chi connectivity index (χ0) is 26.6. The van der Waals surface area contributed by atoms with Gasteiger partial charge >= 0.3 is 0 Å². The van der Waals surface area contributed by atoms with Crippen LogP contribution in [-0.2, 0) is 6.54 Å². The van der Waals surface area contributed by atoms with Gasteiger partial charge in [-0.1, -0.05) is 29.8 Å². The maximum Gasteiger partial charge on any atom is 0.273 e. The molecule has 3 heterocycles. The highest BCUT2D eigenvalue weighted by atomic mass is 35.5. The molecule has 0 spiro atoms. The fourth-order valence-electron chi connectivity index (χ4n) is 5.49. The van der Waals surface area contributed by atoms with Crippen LogP contribution in [0.3, 0.4) is 0 Å². The molecule has 2 aliphatic heterocycles. The second-order valence-electron chi connectivity index (χ2n) is 10.4. The summed E-state index contributed by atoms with van der Waals surface area (Å²) < 4.78 is 15.2. The van der Waals surface area contributed by atoms with Crippen LogP contribution < -0.4 is 5.32 Å². The van der Waals surface area contributed by atoms with E-state index in [0.29, 0.717) is 59.4 Å². The van der Waals surface area contributed by atoms with Gasteiger partial charge in [-0.05, 0) is 68.7 Å². The predicted molar refractivity (Wildman–Crippen MR) is 153 cm³/mol. The number of hydrogen-bond acceptors (Lipinski definition) is 5. The number of thioether (sulfide) groups is 1. The first-order chi connectivity index (χ1) is 18.4. The molecule has 2 fully saturated rings. The van der Waals surface area contributed by atoms with Crippen LogP contribution in [0, 0.1) is 5.82 Å². The van der Waals surface area contributed by atoms with Crippen molar-refractivity contribution in [3.63, 3.8) is 0 Å². The van der Waals surface area contributed by atoms with Crippen LogP contribution in [0.25, 0.3) is 11.1 Å². The number of amides is 1. The number of pyridine rings is 1. The first-order valence-corrected chi connectivity index (χ1v) is 14.5. The molecule has 1 N–H and O–H groups in total. The van der Waals surface area contributed by atoms with E-state index in [9.17, 15) is 4.79 Å². The molecule has 1 aromatic heterocycles. The van der Waals surface area contributed by atoms with Gasteiger partial charge < -0.3 is 10.2 Å². The largest absolute Gasteiger partial charge is 0.337 e. The molecule has 200 valence electrons. The molecular weight excluding hydrogens is 519 g/mol. The van der Waals surface area contributed by atoms with Gasteiger partial charge in [0.2, 0.25) is 0 Å². The normalized spacial score (nSPS) is 21.0. The lowest BCUT2D eigenvalue weighted by Crippen LogP contribution is -2.53. The summed E-state index contributed by atoms with van der Waals surface area (Å²) in [6.07, 6.45) is 3.46. The van der Waals surface area contributed by atoms with Crippen LogP contribution >= 0.6 is 23.4 Å². The zero-order valence-electron chi connectivity index (χ0n) is 21.9. The molecular formula is C30H34ClFN4OS. The fourth-order valence-corrected chi connectivity index (χ4v) is 6.74. The van der Waals surface area contributed by atoms with E-state index in [0.717, 1.165) is 31.0 Å². The number of piperazine rings is 1. The summed E-state index contributed by atoms with van der Waals surface area (Å²) in [6.45, 7) is 8.02. The minimum Gasteiger partial charge on any atom is -0.337 e. The van der Waals surface area contributed by atoms with Gasteiger partial charge in [0.15, 0.2) is 0 Å². The second kappa shape index (κ2) is 12.2. The highest BCUT2D eigenvalue weighted by molar-refractivity contribution is 8.00. The van der Waals surface area contributed by atoms with E-state index in [2.05, 4.69) is 29.0 Å². The summed E-state index contributed by atoms with van der Waals surface area (Å²) in [5, 5.41) is 4.70. The SMILES string of the molecule is C[C@@H]1CN(Cc2ccc(-c3cccnc3C(=O)N3CCC(Sc4ccc(Cl)cc4)CC3)cc2F)C[C@H](C)N1. The Labute approximate surface area is 233 Å². The highest BCUT2D eigenvalue weighted by Gasteiger charge is 2.27. The summed E-state index contributed by atoms with van der Waals surface area (Å²) in [4.78, 5) is 23.3. The van der Waals surface area contributed by atoms with E-state index < -0.39 is 0 Å². The lowest BCUT2D eigenvalue weighted by molar-refractivity contribution is 0.0722. The van der Waals surface area contributed by atoms with Gasteiger partial charge in [0, 0.05) is 77.3 Å². The van der Waals surface area contributed by atoms with Gasteiger partial charge in [0.05, 0.1) is 0 Å². The van der Waals surface area contributed by atoms with Crippen molar-refractivity contribution in [2.45, 2.75) is 55.5 Å². The Hall–Kier alpha value is -2.45. The van der Waals surface area contributed by atoms with E-state index >= 15 is 4.39 Å². The third-order valence-corrected chi connectivity index (χ3v) is 8.85. The standard InChI is InChI=1S/C30H34ClFN4OS/c1-20-17-35(18-21(2)34-20)19-23-6-5-22(16-28(23)32)27-4-3-13-33-29(27)30(37)36-14-11-26(12-15-36)38-25-9-7-24(31)8-10-25/h3-10,13,16,20-21,26,34H,11-12,14-15,17-19H2,1-2H3/t20-,21+. The van der Waals surface area contributed by atoms with Crippen molar-refractivity contribution in [2.75, 3.05) is 26.2 Å². The molecule has 3 aromatic rings. The molecule has 0 saturated carbocycles. The van der Waals surface area contributed by atoms with Gasteiger partial charge in [0.25, 0.3) is 5.91 Å². The van der Waals surface area contributed by atoms with Crippen LogP contribution in [0.2, 0.25) is 5.02 Å². The summed E-state index contributed by atoms with van der Waals surface area (Å²) in [7, 11) is 0. The fraction of sp³-hybridized carbons (Fsp3) is 0.400. The Morgan fingerprint density at radius 2 is 1.79 bits per heavy atom. The summed E-state index contributed by atoms with van der Waals surface area (Å²) >= 11 is 7.84. The lowest BCUT2D eigenvalue weighted by atomic mass is 10.00. The predicted octanol–water partition coefficient (Wildman–Crippen LogP) is 6.12. The van der Waals surface area contributed by atoms with Crippen molar-refractivity contribution in [3.8, 4) is 11.1 Å². The van der Waals surface area contributed by atoms with E-state index in [1.54, 1.807) is 18.3 Å². The van der Waals surface area contributed by atoms with Crippen molar-refractivity contribution in [1.82, 2.24) is 20.1 Å². The van der Waals surface area contributed by atoms with Crippen molar-refractivity contribution in [1.29, 1.82) is 0 Å². The number of aromatic nitrogens is 1. The maximum absolute atomic E-state index is 15.2. The molecule has 0 bridgehead atoms. The second-order valence-corrected chi connectivity index (χ2v) is 12.2. The number of piperidine rings is 1.